The van der Waals surface area contributed by atoms with Crippen LogP contribution >= 0.6 is 11.8 Å². The maximum absolute atomic E-state index is 5.26. The van der Waals surface area contributed by atoms with Gasteiger partial charge in [-0.1, -0.05) is 30.3 Å². The Morgan fingerprint density at radius 2 is 2.25 bits per heavy atom. The Labute approximate surface area is 126 Å². The Hall–Kier alpha value is -1.00. The molecule has 1 fully saturated rings. The smallest absolute Gasteiger partial charge is 0.0704 e. The van der Waals surface area contributed by atoms with Crippen molar-refractivity contribution in [1.82, 2.24) is 5.01 Å². The summed E-state index contributed by atoms with van der Waals surface area (Å²) in [5.41, 5.74) is 1.37. The van der Waals surface area contributed by atoms with Crippen LogP contribution in [0.3, 0.4) is 0 Å². The maximum atomic E-state index is 5.26. The summed E-state index contributed by atoms with van der Waals surface area (Å²) in [4.78, 5) is 0. The van der Waals surface area contributed by atoms with Gasteiger partial charge in [0.25, 0.3) is 0 Å². The molecule has 0 unspecified atom stereocenters. The van der Waals surface area contributed by atoms with Gasteiger partial charge in [-0.2, -0.15) is 16.9 Å². The largest absolute Gasteiger partial charge is 0.382 e. The van der Waals surface area contributed by atoms with Crippen LogP contribution in [-0.4, -0.2) is 49.0 Å². The van der Waals surface area contributed by atoms with Gasteiger partial charge in [0.1, 0.15) is 0 Å². The van der Waals surface area contributed by atoms with E-state index >= 15 is 0 Å². The second-order valence-electron chi connectivity index (χ2n) is 5.14. The molecule has 110 valence electrons. The summed E-state index contributed by atoms with van der Waals surface area (Å²) in [6.07, 6.45) is 7.69. The second-order valence-corrected chi connectivity index (χ2v) is 6.22. The van der Waals surface area contributed by atoms with Crippen LogP contribution < -0.4 is 0 Å². The van der Waals surface area contributed by atoms with Crippen molar-refractivity contribution in [2.24, 2.45) is 5.10 Å². The van der Waals surface area contributed by atoms with Gasteiger partial charge in [-0.3, -0.25) is 5.01 Å². The number of rotatable bonds is 7. The van der Waals surface area contributed by atoms with Gasteiger partial charge < -0.3 is 4.74 Å². The third kappa shape index (κ3) is 4.53. The molecule has 0 aliphatic carbocycles. The van der Waals surface area contributed by atoms with Crippen molar-refractivity contribution in [2.45, 2.75) is 30.6 Å². The molecule has 2 atom stereocenters. The lowest BCUT2D eigenvalue weighted by Crippen LogP contribution is -2.29. The fraction of sp³-hybridized carbons (Fsp3) is 0.562. The first-order chi connectivity index (χ1) is 9.83. The molecule has 0 radical (unpaired) electrons. The number of hydrogen-bond acceptors (Lipinski definition) is 4. The first-order valence-electron chi connectivity index (χ1n) is 7.20. The van der Waals surface area contributed by atoms with Gasteiger partial charge in [-0.15, -0.1) is 0 Å². The van der Waals surface area contributed by atoms with Crippen LogP contribution in [-0.2, 0) is 11.2 Å². The zero-order valence-electron chi connectivity index (χ0n) is 12.4. The van der Waals surface area contributed by atoms with Crippen molar-refractivity contribution >= 4 is 18.0 Å². The molecule has 20 heavy (non-hydrogen) atoms. The molecule has 1 aromatic carbocycles. The quantitative estimate of drug-likeness (QED) is 0.722. The lowest BCUT2D eigenvalue weighted by atomic mass is 10.1. The minimum atomic E-state index is 0.432. The lowest BCUT2D eigenvalue weighted by Gasteiger charge is -2.21. The second kappa shape index (κ2) is 8.32. The summed E-state index contributed by atoms with van der Waals surface area (Å²) < 4.78 is 5.26. The molecule has 0 N–H and O–H groups in total. The minimum Gasteiger partial charge on any atom is -0.382 e. The summed E-state index contributed by atoms with van der Waals surface area (Å²) in [7, 11) is 1.76. The van der Waals surface area contributed by atoms with Crippen molar-refractivity contribution in [1.29, 1.82) is 0 Å². The molecule has 0 aromatic heterocycles. The van der Waals surface area contributed by atoms with Gasteiger partial charge in [0, 0.05) is 25.1 Å². The van der Waals surface area contributed by atoms with Crippen molar-refractivity contribution in [3.63, 3.8) is 0 Å². The number of ether oxygens (including phenoxy) is 1. The van der Waals surface area contributed by atoms with E-state index in [1.54, 1.807) is 7.11 Å². The Morgan fingerprint density at radius 3 is 2.95 bits per heavy atom. The highest BCUT2D eigenvalue weighted by molar-refractivity contribution is 7.99. The van der Waals surface area contributed by atoms with E-state index in [-0.39, 0.29) is 0 Å². The Morgan fingerprint density at radius 1 is 1.45 bits per heavy atom. The molecule has 1 aliphatic rings. The van der Waals surface area contributed by atoms with Crippen LogP contribution in [0.4, 0.5) is 0 Å². The molecule has 1 aliphatic heterocycles. The monoisotopic (exact) mass is 292 g/mol. The van der Waals surface area contributed by atoms with Gasteiger partial charge in [0.15, 0.2) is 0 Å². The van der Waals surface area contributed by atoms with Gasteiger partial charge in [0.2, 0.25) is 0 Å². The first kappa shape index (κ1) is 15.4. The van der Waals surface area contributed by atoms with Gasteiger partial charge in [-0.25, -0.2) is 0 Å². The van der Waals surface area contributed by atoms with Crippen LogP contribution in [0.25, 0.3) is 0 Å². The topological polar surface area (TPSA) is 24.8 Å². The zero-order valence-corrected chi connectivity index (χ0v) is 13.2. The fourth-order valence-electron chi connectivity index (χ4n) is 2.54. The average molecular weight is 292 g/mol. The highest BCUT2D eigenvalue weighted by Gasteiger charge is 2.22. The molecule has 0 spiro atoms. The van der Waals surface area contributed by atoms with E-state index in [0.29, 0.717) is 11.3 Å². The summed E-state index contributed by atoms with van der Waals surface area (Å²) >= 11 is 1.86. The van der Waals surface area contributed by atoms with Crippen molar-refractivity contribution in [2.75, 3.05) is 26.5 Å². The van der Waals surface area contributed by atoms with Crippen molar-refractivity contribution < 1.29 is 4.74 Å². The van der Waals surface area contributed by atoms with Gasteiger partial charge >= 0.3 is 0 Å². The molecule has 1 saturated heterocycles. The van der Waals surface area contributed by atoms with Crippen LogP contribution in [0.2, 0.25) is 0 Å². The molecule has 1 aromatic rings. The summed E-state index contributed by atoms with van der Waals surface area (Å²) in [6, 6.07) is 11.1. The maximum Gasteiger partial charge on any atom is 0.0704 e. The Kier molecular flexibility index (Phi) is 6.40. The van der Waals surface area contributed by atoms with Gasteiger partial charge in [-0.05, 0) is 31.1 Å². The number of methoxy groups -OCH3 is 1. The molecule has 1 heterocycles. The Bertz CT molecular complexity index is 410. The summed E-state index contributed by atoms with van der Waals surface area (Å²) in [6.45, 7) is 1.83. The Balaban J connectivity index is 1.90. The van der Waals surface area contributed by atoms with Crippen LogP contribution in [0.15, 0.2) is 35.4 Å². The molecule has 2 rings (SSSR count). The predicted molar refractivity (Wildman–Crippen MR) is 87.5 cm³/mol. The van der Waals surface area contributed by atoms with Crippen molar-refractivity contribution in [3.8, 4) is 0 Å². The third-order valence-corrected chi connectivity index (χ3v) is 4.56. The molecular formula is C16H24N2OS. The van der Waals surface area contributed by atoms with E-state index in [0.717, 1.165) is 19.6 Å². The van der Waals surface area contributed by atoms with E-state index in [1.807, 2.05) is 11.8 Å². The van der Waals surface area contributed by atoms with Crippen molar-refractivity contribution in [3.05, 3.63) is 35.9 Å². The van der Waals surface area contributed by atoms with Crippen LogP contribution in [0.5, 0.6) is 0 Å². The molecule has 0 bridgehead atoms. The number of hydrogen-bond donors (Lipinski definition) is 0. The average Bonchev–Trinajstić information content (AvgIpc) is 2.92. The van der Waals surface area contributed by atoms with E-state index in [1.165, 1.54) is 18.4 Å². The van der Waals surface area contributed by atoms with E-state index in [9.17, 15) is 0 Å². The standard InChI is InChI=1S/C16H24N2OS/c1-19-13-15-9-6-10-18(15)17-12-16(20-2)11-14-7-4-3-5-8-14/h3-5,7-8,12,15-16H,6,9-11,13H2,1-2H3/b17-12+/t15-,16+/m0/s1. The number of thioether (sulfide) groups is 1. The molecule has 4 heteroatoms. The zero-order chi connectivity index (χ0) is 14.2. The number of hydrazone groups is 1. The van der Waals surface area contributed by atoms with Crippen LogP contribution in [0, 0.1) is 0 Å². The fourth-order valence-corrected chi connectivity index (χ4v) is 3.07. The summed E-state index contributed by atoms with van der Waals surface area (Å²) in [5, 5.41) is 7.32. The molecular weight excluding hydrogens is 268 g/mol. The minimum absolute atomic E-state index is 0.432. The van der Waals surface area contributed by atoms with E-state index < -0.39 is 0 Å². The first-order valence-corrected chi connectivity index (χ1v) is 8.48. The highest BCUT2D eigenvalue weighted by Crippen LogP contribution is 2.18. The summed E-state index contributed by atoms with van der Waals surface area (Å²) in [5.74, 6) is 0. The lowest BCUT2D eigenvalue weighted by molar-refractivity contribution is 0.118. The van der Waals surface area contributed by atoms with E-state index in [2.05, 4.69) is 47.8 Å². The van der Waals surface area contributed by atoms with E-state index in [4.69, 9.17) is 9.84 Å². The molecule has 3 nitrogen and oxygen atoms in total. The highest BCUT2D eigenvalue weighted by atomic mass is 32.2. The number of nitrogens with zero attached hydrogens (tertiary/aromatic N) is 2. The van der Waals surface area contributed by atoms with Gasteiger partial charge in [0.05, 0.1) is 12.6 Å². The SMILES string of the molecule is COC[C@@H]1CCCN1/N=C/[C@@H](Cc1ccccc1)SC. The predicted octanol–water partition coefficient (Wildman–Crippen LogP) is 3.06. The normalized spacial score (nSPS) is 20.7. The molecule has 0 amide bonds. The third-order valence-electron chi connectivity index (χ3n) is 3.67. The van der Waals surface area contributed by atoms with Crippen LogP contribution in [0.1, 0.15) is 18.4 Å². The number of benzene rings is 1. The molecule has 0 saturated carbocycles.